The minimum absolute atomic E-state index is 0.168. The lowest BCUT2D eigenvalue weighted by Gasteiger charge is -2.32. The molecule has 0 bridgehead atoms. The number of benzene rings is 2. The number of hydrogen-bond acceptors (Lipinski definition) is 4. The number of unbranched alkanes of at least 4 members (excludes halogenated alkanes) is 1. The Morgan fingerprint density at radius 1 is 1.09 bits per heavy atom. The highest BCUT2D eigenvalue weighted by molar-refractivity contribution is 7.92. The van der Waals surface area contributed by atoms with Gasteiger partial charge in [-0.3, -0.25) is 13.9 Å². The Kier molecular flexibility index (Phi) is 9.61. The van der Waals surface area contributed by atoms with Crippen LogP contribution in [-0.2, 0) is 26.2 Å². The van der Waals surface area contributed by atoms with Crippen molar-refractivity contribution in [2.24, 2.45) is 0 Å². The third-order valence-electron chi connectivity index (χ3n) is 5.82. The summed E-state index contributed by atoms with van der Waals surface area (Å²) < 4.78 is 40.8. The molecule has 0 fully saturated rings. The van der Waals surface area contributed by atoms with Gasteiger partial charge in [-0.05, 0) is 50.5 Å². The van der Waals surface area contributed by atoms with E-state index >= 15 is 0 Å². The van der Waals surface area contributed by atoms with Crippen LogP contribution in [0.2, 0.25) is 0 Å². The fourth-order valence-electron chi connectivity index (χ4n) is 3.53. The van der Waals surface area contributed by atoms with Crippen molar-refractivity contribution in [2.75, 3.05) is 23.7 Å². The average molecular weight is 492 g/mol. The Labute approximate surface area is 202 Å². The zero-order chi connectivity index (χ0) is 25.5. The molecule has 0 spiro atoms. The first-order valence-electron chi connectivity index (χ1n) is 11.3. The molecule has 2 amide bonds. The lowest BCUT2D eigenvalue weighted by Crippen LogP contribution is -2.51. The van der Waals surface area contributed by atoms with Crippen molar-refractivity contribution in [2.45, 2.75) is 53.1 Å². The molecule has 2 aromatic carbocycles. The summed E-state index contributed by atoms with van der Waals surface area (Å²) >= 11 is 0. The van der Waals surface area contributed by atoms with Gasteiger partial charge in [0.1, 0.15) is 18.4 Å². The van der Waals surface area contributed by atoms with Gasteiger partial charge in [-0.25, -0.2) is 12.8 Å². The molecule has 0 aliphatic heterocycles. The largest absolute Gasteiger partial charge is 0.354 e. The number of hydrogen-bond donors (Lipinski definition) is 1. The predicted octanol–water partition coefficient (Wildman–Crippen LogP) is 3.54. The number of aryl methyl sites for hydroxylation is 1. The summed E-state index contributed by atoms with van der Waals surface area (Å²) in [5.74, 6) is -1.49. The van der Waals surface area contributed by atoms with Crippen LogP contribution in [0.25, 0.3) is 0 Å². The minimum Gasteiger partial charge on any atom is -0.354 e. The van der Waals surface area contributed by atoms with Gasteiger partial charge in [0.2, 0.25) is 21.8 Å². The number of nitrogens with one attached hydrogen (secondary N) is 1. The van der Waals surface area contributed by atoms with Gasteiger partial charge in [0.25, 0.3) is 0 Å². The highest BCUT2D eigenvalue weighted by Crippen LogP contribution is 2.25. The Hall–Kier alpha value is -2.94. The molecule has 0 heterocycles. The van der Waals surface area contributed by atoms with Gasteiger partial charge >= 0.3 is 0 Å². The molecule has 1 N–H and O–H groups in total. The Balaban J connectivity index is 2.41. The maximum Gasteiger partial charge on any atom is 0.244 e. The molecule has 9 heteroatoms. The van der Waals surface area contributed by atoms with Gasteiger partial charge in [0.15, 0.2) is 0 Å². The van der Waals surface area contributed by atoms with Gasteiger partial charge in [-0.2, -0.15) is 0 Å². The first-order chi connectivity index (χ1) is 16.0. The van der Waals surface area contributed by atoms with E-state index in [1.165, 1.54) is 23.1 Å². The summed E-state index contributed by atoms with van der Waals surface area (Å²) in [5.41, 5.74) is 2.24. The molecule has 0 saturated heterocycles. The van der Waals surface area contributed by atoms with Crippen LogP contribution in [0.1, 0.15) is 43.4 Å². The Morgan fingerprint density at radius 2 is 1.76 bits per heavy atom. The summed E-state index contributed by atoms with van der Waals surface area (Å²) in [5, 5.41) is 2.79. The number of carbonyl (C=O) groups excluding carboxylic acids is 2. The minimum atomic E-state index is -3.82. The first kappa shape index (κ1) is 27.3. The standard InChI is InChI=1S/C25H34FN3O4S/c1-6-7-15-27-25(31)20(4)28(16-21-12-8-9-13-22(21)26)24(30)17-29(34(5,32)33)23-14-10-11-18(2)19(23)3/h8-14,20H,6-7,15-17H2,1-5H3,(H,27,31)/t20-/m1/s1. The molecule has 0 radical (unpaired) electrons. The molecule has 34 heavy (non-hydrogen) atoms. The van der Waals surface area contributed by atoms with E-state index in [4.69, 9.17) is 0 Å². The fraction of sp³-hybridized carbons (Fsp3) is 0.440. The topological polar surface area (TPSA) is 86.8 Å². The normalized spacial score (nSPS) is 12.2. The highest BCUT2D eigenvalue weighted by atomic mass is 32.2. The van der Waals surface area contributed by atoms with Crippen LogP contribution in [0.5, 0.6) is 0 Å². The van der Waals surface area contributed by atoms with E-state index in [9.17, 15) is 22.4 Å². The van der Waals surface area contributed by atoms with E-state index in [2.05, 4.69) is 5.32 Å². The van der Waals surface area contributed by atoms with Crippen LogP contribution in [0, 0.1) is 19.7 Å². The SMILES string of the molecule is CCCCNC(=O)[C@@H](C)N(Cc1ccccc1F)C(=O)CN(c1cccc(C)c1C)S(C)(=O)=O. The molecular weight excluding hydrogens is 457 g/mol. The molecule has 186 valence electrons. The van der Waals surface area contributed by atoms with Crippen LogP contribution in [0.3, 0.4) is 0 Å². The van der Waals surface area contributed by atoms with Crippen LogP contribution in [-0.4, -0.2) is 50.5 Å². The lowest BCUT2D eigenvalue weighted by atomic mass is 10.1. The highest BCUT2D eigenvalue weighted by Gasteiger charge is 2.31. The quantitative estimate of drug-likeness (QED) is 0.487. The van der Waals surface area contributed by atoms with E-state index < -0.39 is 34.3 Å². The van der Waals surface area contributed by atoms with Crippen molar-refractivity contribution in [3.8, 4) is 0 Å². The number of amides is 2. The van der Waals surface area contributed by atoms with Gasteiger partial charge in [-0.1, -0.05) is 43.7 Å². The summed E-state index contributed by atoms with van der Waals surface area (Å²) in [4.78, 5) is 27.5. The molecule has 1 atom stereocenters. The van der Waals surface area contributed by atoms with Crippen molar-refractivity contribution in [1.29, 1.82) is 0 Å². The van der Waals surface area contributed by atoms with E-state index in [1.54, 1.807) is 32.0 Å². The second-order valence-corrected chi connectivity index (χ2v) is 10.3. The molecule has 0 aliphatic carbocycles. The zero-order valence-corrected chi connectivity index (χ0v) is 21.3. The fourth-order valence-corrected chi connectivity index (χ4v) is 4.43. The molecule has 0 aromatic heterocycles. The van der Waals surface area contributed by atoms with Crippen LogP contribution >= 0.6 is 0 Å². The number of halogens is 1. The molecule has 2 aromatic rings. The third kappa shape index (κ3) is 7.03. The van der Waals surface area contributed by atoms with E-state index in [0.29, 0.717) is 12.2 Å². The zero-order valence-electron chi connectivity index (χ0n) is 20.5. The maximum atomic E-state index is 14.4. The van der Waals surface area contributed by atoms with Crippen molar-refractivity contribution < 1.29 is 22.4 Å². The van der Waals surface area contributed by atoms with Crippen LogP contribution in [0.4, 0.5) is 10.1 Å². The summed E-state index contributed by atoms with van der Waals surface area (Å²) in [7, 11) is -3.82. The van der Waals surface area contributed by atoms with Gasteiger partial charge in [0.05, 0.1) is 11.9 Å². The smallest absolute Gasteiger partial charge is 0.244 e. The van der Waals surface area contributed by atoms with Gasteiger partial charge in [-0.15, -0.1) is 0 Å². The van der Waals surface area contributed by atoms with Crippen LogP contribution < -0.4 is 9.62 Å². The van der Waals surface area contributed by atoms with Crippen molar-refractivity contribution in [1.82, 2.24) is 10.2 Å². The monoisotopic (exact) mass is 491 g/mol. The molecule has 0 saturated carbocycles. The number of anilines is 1. The Morgan fingerprint density at radius 3 is 2.38 bits per heavy atom. The van der Waals surface area contributed by atoms with Gasteiger partial charge < -0.3 is 10.2 Å². The van der Waals surface area contributed by atoms with Crippen molar-refractivity contribution in [3.63, 3.8) is 0 Å². The van der Waals surface area contributed by atoms with Crippen LogP contribution in [0.15, 0.2) is 42.5 Å². The second kappa shape index (κ2) is 12.0. The molecule has 0 aliphatic rings. The van der Waals surface area contributed by atoms with E-state index in [-0.39, 0.29) is 18.0 Å². The Bertz CT molecular complexity index is 1120. The third-order valence-corrected chi connectivity index (χ3v) is 6.95. The maximum absolute atomic E-state index is 14.4. The molecule has 7 nitrogen and oxygen atoms in total. The number of carbonyl (C=O) groups is 2. The summed E-state index contributed by atoms with van der Waals surface area (Å²) in [6.45, 7) is 6.98. The number of nitrogens with zero attached hydrogens (tertiary/aromatic N) is 2. The average Bonchev–Trinajstić information content (AvgIpc) is 2.77. The summed E-state index contributed by atoms with van der Waals surface area (Å²) in [6, 6.07) is 10.3. The van der Waals surface area contributed by atoms with Crippen molar-refractivity contribution >= 4 is 27.5 Å². The summed E-state index contributed by atoms with van der Waals surface area (Å²) in [6.07, 6.45) is 2.71. The molecule has 0 unspecified atom stereocenters. The first-order valence-corrected chi connectivity index (χ1v) is 13.2. The van der Waals surface area contributed by atoms with E-state index in [1.807, 2.05) is 19.9 Å². The number of rotatable bonds is 11. The second-order valence-electron chi connectivity index (χ2n) is 8.42. The lowest BCUT2D eigenvalue weighted by molar-refractivity contribution is -0.139. The number of sulfonamides is 1. The predicted molar refractivity (Wildman–Crippen MR) is 132 cm³/mol. The van der Waals surface area contributed by atoms with E-state index in [0.717, 1.165) is 34.5 Å². The van der Waals surface area contributed by atoms with Crippen molar-refractivity contribution in [3.05, 3.63) is 65.0 Å². The molecule has 2 rings (SSSR count). The van der Waals surface area contributed by atoms with Gasteiger partial charge in [0, 0.05) is 18.7 Å². The molecular formula is C25H34FN3O4S.